The largest absolute Gasteiger partial charge is 0.481 e. The average molecular weight is 217 g/mol. The number of carboxylic acid groups (broad SMARTS) is 1. The van der Waals surface area contributed by atoms with Gasteiger partial charge in [0.05, 0.1) is 18.4 Å². The number of carbonyl (C=O) groups is 2. The highest BCUT2D eigenvalue weighted by molar-refractivity contribution is 5.77. The van der Waals surface area contributed by atoms with Gasteiger partial charge < -0.3 is 14.7 Å². The summed E-state index contributed by atoms with van der Waals surface area (Å²) >= 11 is 0. The molecule has 0 heterocycles. The molecular weight excluding hydrogens is 198 g/mol. The summed E-state index contributed by atoms with van der Waals surface area (Å²) in [4.78, 5) is 23.5. The maximum atomic E-state index is 11.5. The average Bonchev–Trinajstić information content (AvgIpc) is 2.16. The lowest BCUT2D eigenvalue weighted by atomic mass is 10.1. The Morgan fingerprint density at radius 1 is 1.40 bits per heavy atom. The summed E-state index contributed by atoms with van der Waals surface area (Å²) in [5.74, 6) is -1.54. The lowest BCUT2D eigenvalue weighted by molar-refractivity contribution is -0.143. The Morgan fingerprint density at radius 2 is 1.93 bits per heavy atom. The Hall–Kier alpha value is -1.10. The molecule has 0 spiro atoms. The van der Waals surface area contributed by atoms with Gasteiger partial charge in [-0.2, -0.15) is 0 Å². The van der Waals surface area contributed by atoms with E-state index in [-0.39, 0.29) is 25.0 Å². The van der Waals surface area contributed by atoms with Crippen LogP contribution in [-0.2, 0) is 14.3 Å². The monoisotopic (exact) mass is 217 g/mol. The van der Waals surface area contributed by atoms with E-state index in [1.807, 2.05) is 0 Å². The normalized spacial score (nSPS) is 14.4. The SMILES string of the molecule is COC(C)CC(=O)N(C)CC(C)C(=O)O. The van der Waals surface area contributed by atoms with Gasteiger partial charge in [-0.1, -0.05) is 6.92 Å². The van der Waals surface area contributed by atoms with Gasteiger partial charge in [-0.15, -0.1) is 0 Å². The van der Waals surface area contributed by atoms with Crippen LogP contribution in [0.2, 0.25) is 0 Å². The minimum absolute atomic E-state index is 0.0996. The van der Waals surface area contributed by atoms with Crippen molar-refractivity contribution in [3.8, 4) is 0 Å². The number of rotatable bonds is 6. The lowest BCUT2D eigenvalue weighted by Crippen LogP contribution is -2.35. The third-order valence-electron chi connectivity index (χ3n) is 2.26. The van der Waals surface area contributed by atoms with E-state index in [1.54, 1.807) is 20.9 Å². The summed E-state index contributed by atoms with van der Waals surface area (Å²) in [6, 6.07) is 0. The number of nitrogens with zero attached hydrogens (tertiary/aromatic N) is 1. The van der Waals surface area contributed by atoms with E-state index >= 15 is 0 Å². The summed E-state index contributed by atoms with van der Waals surface area (Å²) in [5.41, 5.74) is 0. The van der Waals surface area contributed by atoms with Crippen molar-refractivity contribution in [2.75, 3.05) is 20.7 Å². The summed E-state index contributed by atoms with van der Waals surface area (Å²) < 4.78 is 4.96. The van der Waals surface area contributed by atoms with Crippen molar-refractivity contribution in [3.05, 3.63) is 0 Å². The molecule has 1 N–H and O–H groups in total. The fourth-order valence-electron chi connectivity index (χ4n) is 1.08. The smallest absolute Gasteiger partial charge is 0.308 e. The summed E-state index contributed by atoms with van der Waals surface area (Å²) in [5, 5.41) is 8.68. The molecule has 0 bridgehead atoms. The van der Waals surface area contributed by atoms with Gasteiger partial charge in [0.1, 0.15) is 0 Å². The van der Waals surface area contributed by atoms with Crippen molar-refractivity contribution in [2.24, 2.45) is 5.92 Å². The van der Waals surface area contributed by atoms with Gasteiger partial charge in [0.25, 0.3) is 0 Å². The first-order chi connectivity index (χ1) is 6.88. The lowest BCUT2D eigenvalue weighted by Gasteiger charge is -2.20. The predicted octanol–water partition coefficient (Wildman–Crippen LogP) is 0.591. The Morgan fingerprint density at radius 3 is 2.33 bits per heavy atom. The summed E-state index contributed by atoms with van der Waals surface area (Å²) in [7, 11) is 3.14. The minimum atomic E-state index is -0.894. The first-order valence-electron chi connectivity index (χ1n) is 4.88. The fraction of sp³-hybridized carbons (Fsp3) is 0.800. The molecule has 0 aliphatic rings. The highest BCUT2D eigenvalue weighted by Gasteiger charge is 2.18. The Labute approximate surface area is 90.0 Å². The highest BCUT2D eigenvalue weighted by Crippen LogP contribution is 2.03. The van der Waals surface area contributed by atoms with E-state index in [0.717, 1.165) is 0 Å². The number of amides is 1. The quantitative estimate of drug-likeness (QED) is 0.707. The van der Waals surface area contributed by atoms with Gasteiger partial charge in [0.15, 0.2) is 0 Å². The topological polar surface area (TPSA) is 66.8 Å². The number of hydrogen-bond acceptors (Lipinski definition) is 3. The van der Waals surface area contributed by atoms with Crippen LogP contribution in [0.25, 0.3) is 0 Å². The van der Waals surface area contributed by atoms with E-state index < -0.39 is 11.9 Å². The van der Waals surface area contributed by atoms with Crippen LogP contribution in [0.3, 0.4) is 0 Å². The number of ether oxygens (including phenoxy) is 1. The van der Waals surface area contributed by atoms with E-state index in [2.05, 4.69) is 0 Å². The van der Waals surface area contributed by atoms with Crippen molar-refractivity contribution in [2.45, 2.75) is 26.4 Å². The molecule has 1 amide bonds. The molecule has 88 valence electrons. The van der Waals surface area contributed by atoms with Crippen molar-refractivity contribution < 1.29 is 19.4 Å². The maximum absolute atomic E-state index is 11.5. The van der Waals surface area contributed by atoms with Gasteiger partial charge in [-0.25, -0.2) is 0 Å². The maximum Gasteiger partial charge on any atom is 0.308 e. The Balaban J connectivity index is 4.04. The molecule has 15 heavy (non-hydrogen) atoms. The molecule has 2 atom stereocenters. The molecule has 0 aromatic rings. The Kier molecular flexibility index (Phi) is 5.93. The molecule has 0 aliphatic heterocycles. The number of aliphatic carboxylic acids is 1. The molecule has 0 fully saturated rings. The first-order valence-corrected chi connectivity index (χ1v) is 4.88. The standard InChI is InChI=1S/C10H19NO4/c1-7(10(13)14)6-11(3)9(12)5-8(2)15-4/h7-8H,5-6H2,1-4H3,(H,13,14). The van der Waals surface area contributed by atoms with Crippen molar-refractivity contribution in [3.63, 3.8) is 0 Å². The van der Waals surface area contributed by atoms with Crippen molar-refractivity contribution in [1.29, 1.82) is 0 Å². The predicted molar refractivity (Wildman–Crippen MR) is 55.5 cm³/mol. The second-order valence-corrected chi connectivity index (χ2v) is 3.76. The fourth-order valence-corrected chi connectivity index (χ4v) is 1.08. The van der Waals surface area contributed by atoms with Crippen LogP contribution in [0.15, 0.2) is 0 Å². The van der Waals surface area contributed by atoms with E-state index in [1.165, 1.54) is 12.0 Å². The number of hydrogen-bond donors (Lipinski definition) is 1. The molecule has 0 aromatic carbocycles. The number of carboxylic acids is 1. The Bertz CT molecular complexity index is 229. The van der Waals surface area contributed by atoms with Crippen LogP contribution in [0.5, 0.6) is 0 Å². The van der Waals surface area contributed by atoms with Crippen LogP contribution >= 0.6 is 0 Å². The van der Waals surface area contributed by atoms with Crippen LogP contribution in [-0.4, -0.2) is 48.7 Å². The van der Waals surface area contributed by atoms with Gasteiger partial charge in [-0.05, 0) is 6.92 Å². The van der Waals surface area contributed by atoms with E-state index in [4.69, 9.17) is 9.84 Å². The molecule has 5 nitrogen and oxygen atoms in total. The first kappa shape index (κ1) is 13.9. The second-order valence-electron chi connectivity index (χ2n) is 3.76. The van der Waals surface area contributed by atoms with Crippen LogP contribution in [0.4, 0.5) is 0 Å². The molecule has 0 aromatic heterocycles. The molecule has 5 heteroatoms. The molecular formula is C10H19NO4. The van der Waals surface area contributed by atoms with Gasteiger partial charge in [0.2, 0.25) is 5.91 Å². The zero-order valence-electron chi connectivity index (χ0n) is 9.69. The van der Waals surface area contributed by atoms with Crippen LogP contribution < -0.4 is 0 Å². The molecule has 0 radical (unpaired) electrons. The molecule has 0 aliphatic carbocycles. The van der Waals surface area contributed by atoms with Crippen molar-refractivity contribution >= 4 is 11.9 Å². The third kappa shape index (κ3) is 5.37. The molecule has 0 rings (SSSR count). The summed E-state index contributed by atoms with van der Waals surface area (Å²) in [6.45, 7) is 3.60. The highest BCUT2D eigenvalue weighted by atomic mass is 16.5. The molecule has 0 saturated carbocycles. The molecule has 2 unspecified atom stereocenters. The van der Waals surface area contributed by atoms with Gasteiger partial charge >= 0.3 is 5.97 Å². The number of carbonyl (C=O) groups excluding carboxylic acids is 1. The molecule has 0 saturated heterocycles. The summed E-state index contributed by atoms with van der Waals surface area (Å²) in [6.07, 6.45) is 0.138. The zero-order chi connectivity index (χ0) is 12.0. The van der Waals surface area contributed by atoms with Crippen LogP contribution in [0, 0.1) is 5.92 Å². The third-order valence-corrected chi connectivity index (χ3v) is 2.26. The second kappa shape index (κ2) is 6.40. The van der Waals surface area contributed by atoms with Crippen LogP contribution in [0.1, 0.15) is 20.3 Å². The minimum Gasteiger partial charge on any atom is -0.481 e. The number of methoxy groups -OCH3 is 1. The van der Waals surface area contributed by atoms with E-state index in [0.29, 0.717) is 0 Å². The zero-order valence-corrected chi connectivity index (χ0v) is 9.69. The van der Waals surface area contributed by atoms with Gasteiger partial charge in [0, 0.05) is 20.7 Å². The van der Waals surface area contributed by atoms with E-state index in [9.17, 15) is 9.59 Å². The van der Waals surface area contributed by atoms with Gasteiger partial charge in [-0.3, -0.25) is 9.59 Å². The van der Waals surface area contributed by atoms with Crippen molar-refractivity contribution in [1.82, 2.24) is 4.90 Å².